The van der Waals surface area contributed by atoms with Crippen LogP contribution in [0.1, 0.15) is 39.1 Å². The normalized spacial score (nSPS) is 14.1. The summed E-state index contributed by atoms with van der Waals surface area (Å²) in [6.45, 7) is 1.76. The maximum absolute atomic E-state index is 12.3. The highest BCUT2D eigenvalue weighted by molar-refractivity contribution is 6.23. The van der Waals surface area contributed by atoms with Crippen LogP contribution >= 0.6 is 0 Å². The van der Waals surface area contributed by atoms with Crippen molar-refractivity contribution in [2.45, 2.75) is 12.8 Å². The van der Waals surface area contributed by atoms with Gasteiger partial charge in [-0.2, -0.15) is 5.26 Å². The van der Waals surface area contributed by atoms with Crippen LogP contribution in [0.2, 0.25) is 0 Å². The monoisotopic (exact) mass is 308 g/mol. The quantitative estimate of drug-likeness (QED) is 0.800. The Hall–Kier alpha value is -3.40. The van der Waals surface area contributed by atoms with Gasteiger partial charge in [0.05, 0.1) is 28.8 Å². The Labute approximate surface area is 131 Å². The fourth-order valence-electron chi connectivity index (χ4n) is 2.53. The topological polar surface area (TPSA) is 118 Å². The number of carbonyl (C=O) groups is 2. The van der Waals surface area contributed by atoms with Gasteiger partial charge in [0.1, 0.15) is 5.82 Å². The van der Waals surface area contributed by atoms with Crippen molar-refractivity contribution < 1.29 is 9.59 Å². The second-order valence-corrected chi connectivity index (χ2v) is 5.22. The minimum atomic E-state index is -0.626. The van der Waals surface area contributed by atoms with E-state index in [2.05, 4.69) is 11.4 Å². The Bertz CT molecular complexity index is 936. The largest absolute Gasteiger partial charge is 0.384 e. The summed E-state index contributed by atoms with van der Waals surface area (Å²) in [5.74, 6) is -1.61. The molecule has 0 aliphatic carbocycles. The first-order valence-electron chi connectivity index (χ1n) is 6.85. The summed E-state index contributed by atoms with van der Waals surface area (Å²) in [7, 11) is 0. The van der Waals surface area contributed by atoms with Crippen LogP contribution in [0.4, 0.5) is 5.82 Å². The van der Waals surface area contributed by atoms with Crippen LogP contribution < -0.4 is 16.6 Å². The lowest BCUT2D eigenvalue weighted by Crippen LogP contribution is -2.24. The molecule has 0 saturated heterocycles. The zero-order chi connectivity index (χ0) is 16.7. The molecule has 1 unspecified atom stereocenters. The molecule has 2 amide bonds. The molecule has 1 aliphatic heterocycles. The molecule has 1 aromatic heterocycles. The van der Waals surface area contributed by atoms with Crippen LogP contribution in [0.3, 0.4) is 0 Å². The van der Waals surface area contributed by atoms with Crippen LogP contribution in [0.15, 0.2) is 35.1 Å². The van der Waals surface area contributed by atoms with Gasteiger partial charge in [0.25, 0.3) is 17.4 Å². The molecular formula is C16H12N4O3. The van der Waals surface area contributed by atoms with Crippen LogP contribution in [-0.2, 0) is 0 Å². The van der Waals surface area contributed by atoms with Gasteiger partial charge in [0.2, 0.25) is 0 Å². The van der Waals surface area contributed by atoms with E-state index in [1.54, 1.807) is 31.2 Å². The summed E-state index contributed by atoms with van der Waals surface area (Å²) in [5, 5.41) is 11.0. The number of hydrogen-bond acceptors (Lipinski definition) is 5. The number of fused-ring (bicyclic) bond motifs is 1. The number of nitriles is 1. The van der Waals surface area contributed by atoms with E-state index < -0.39 is 17.4 Å². The summed E-state index contributed by atoms with van der Waals surface area (Å²) in [6.07, 6.45) is 0. The van der Waals surface area contributed by atoms with Gasteiger partial charge < -0.3 is 5.73 Å². The lowest BCUT2D eigenvalue weighted by Gasteiger charge is -2.12. The number of aromatic nitrogens is 1. The molecule has 1 aliphatic rings. The summed E-state index contributed by atoms with van der Waals surface area (Å²) in [4.78, 5) is 35.7. The Morgan fingerprint density at radius 3 is 2.43 bits per heavy atom. The lowest BCUT2D eigenvalue weighted by atomic mass is 10.0. The summed E-state index contributed by atoms with van der Waals surface area (Å²) in [5.41, 5.74) is 6.69. The van der Waals surface area contributed by atoms with E-state index >= 15 is 0 Å². The van der Waals surface area contributed by atoms with E-state index in [-0.39, 0.29) is 22.9 Å². The van der Waals surface area contributed by atoms with Crippen molar-refractivity contribution in [3.63, 3.8) is 0 Å². The molecule has 1 aromatic carbocycles. The predicted octanol–water partition coefficient (Wildman–Crippen LogP) is 0.930. The molecule has 114 valence electrons. The maximum Gasteiger partial charge on any atom is 0.262 e. The second kappa shape index (κ2) is 5.10. The molecule has 7 nitrogen and oxygen atoms in total. The number of imide groups is 1. The van der Waals surface area contributed by atoms with Gasteiger partial charge in [-0.1, -0.05) is 12.1 Å². The zero-order valence-corrected chi connectivity index (χ0v) is 12.2. The summed E-state index contributed by atoms with van der Waals surface area (Å²) in [6, 6.07) is 9.93. The zero-order valence-electron chi connectivity index (χ0n) is 12.2. The van der Waals surface area contributed by atoms with E-state index in [0.717, 1.165) is 16.2 Å². The van der Waals surface area contributed by atoms with Gasteiger partial charge in [0.15, 0.2) is 0 Å². The van der Waals surface area contributed by atoms with Crippen LogP contribution in [-0.4, -0.2) is 16.4 Å². The van der Waals surface area contributed by atoms with Crippen molar-refractivity contribution in [3.8, 4) is 11.8 Å². The molecule has 0 spiro atoms. The van der Waals surface area contributed by atoms with Gasteiger partial charge >= 0.3 is 0 Å². The molecule has 0 bridgehead atoms. The SMILES string of the molecule is CC(C#N)c1ccc(-n2c(N)c3c(cc2=O)C(=O)NC3=O)cc1. The molecule has 3 rings (SSSR count). The number of benzene rings is 1. The number of carbonyl (C=O) groups excluding carboxylic acids is 2. The molecule has 1 atom stereocenters. The van der Waals surface area contributed by atoms with Crippen LogP contribution in [0, 0.1) is 11.3 Å². The summed E-state index contributed by atoms with van der Waals surface area (Å²) >= 11 is 0. The maximum atomic E-state index is 12.3. The number of nitrogen functional groups attached to an aromatic ring is 1. The highest BCUT2D eigenvalue weighted by Gasteiger charge is 2.31. The molecule has 2 aromatic rings. The van der Waals surface area contributed by atoms with Crippen molar-refractivity contribution in [1.29, 1.82) is 5.26 Å². The molecule has 7 heteroatoms. The Kier molecular flexibility index (Phi) is 3.22. The number of nitrogens with zero attached hydrogens (tertiary/aromatic N) is 2. The van der Waals surface area contributed by atoms with Crippen molar-refractivity contribution in [2.24, 2.45) is 0 Å². The third-order valence-electron chi connectivity index (χ3n) is 3.80. The first-order valence-corrected chi connectivity index (χ1v) is 6.85. The first kappa shape index (κ1) is 14.5. The van der Waals surface area contributed by atoms with E-state index in [1.165, 1.54) is 0 Å². The number of nitrogens with two attached hydrogens (primary N) is 1. The van der Waals surface area contributed by atoms with Gasteiger partial charge in [-0.25, -0.2) is 0 Å². The average Bonchev–Trinajstić information content (AvgIpc) is 2.81. The average molecular weight is 308 g/mol. The molecule has 2 heterocycles. The third kappa shape index (κ3) is 2.17. The van der Waals surface area contributed by atoms with Gasteiger partial charge in [-0.15, -0.1) is 0 Å². The van der Waals surface area contributed by atoms with E-state index in [4.69, 9.17) is 11.0 Å². The minimum absolute atomic E-state index is 0.00377. The molecule has 0 fully saturated rings. The van der Waals surface area contributed by atoms with E-state index in [0.29, 0.717) is 5.69 Å². The fraction of sp³-hybridized carbons (Fsp3) is 0.125. The number of nitrogens with one attached hydrogen (secondary N) is 1. The van der Waals surface area contributed by atoms with Crippen molar-refractivity contribution in [1.82, 2.24) is 9.88 Å². The fourth-order valence-corrected chi connectivity index (χ4v) is 2.53. The molecule has 0 radical (unpaired) electrons. The number of amides is 2. The predicted molar refractivity (Wildman–Crippen MR) is 82.3 cm³/mol. The minimum Gasteiger partial charge on any atom is -0.384 e. The molecule has 3 N–H and O–H groups in total. The molecule has 23 heavy (non-hydrogen) atoms. The summed E-state index contributed by atoms with van der Waals surface area (Å²) < 4.78 is 1.16. The van der Waals surface area contributed by atoms with Crippen molar-refractivity contribution in [2.75, 3.05) is 5.73 Å². The molecular weight excluding hydrogens is 296 g/mol. The number of rotatable bonds is 2. The first-order chi connectivity index (χ1) is 10.9. The third-order valence-corrected chi connectivity index (χ3v) is 3.80. The second-order valence-electron chi connectivity index (χ2n) is 5.22. The number of pyridine rings is 1. The van der Waals surface area contributed by atoms with Crippen LogP contribution in [0.25, 0.3) is 5.69 Å². The number of hydrogen-bond donors (Lipinski definition) is 2. The van der Waals surface area contributed by atoms with E-state index in [1.807, 2.05) is 0 Å². The van der Waals surface area contributed by atoms with E-state index in [9.17, 15) is 14.4 Å². The standard InChI is InChI=1S/C16H12N4O3/c1-8(7-17)9-2-4-10(5-3-9)20-12(21)6-11-13(14(20)18)16(23)19-15(11)22/h2-6,8H,18H2,1H3,(H,19,22,23). The number of anilines is 1. The Morgan fingerprint density at radius 1 is 1.17 bits per heavy atom. The highest BCUT2D eigenvalue weighted by atomic mass is 16.2. The lowest BCUT2D eigenvalue weighted by molar-refractivity contribution is 0.0880. The molecule has 0 saturated carbocycles. The van der Waals surface area contributed by atoms with Gasteiger partial charge in [0, 0.05) is 6.07 Å². The van der Waals surface area contributed by atoms with Gasteiger partial charge in [-0.05, 0) is 24.6 Å². The Morgan fingerprint density at radius 2 is 1.83 bits per heavy atom. The Balaban J connectivity index is 2.17. The van der Waals surface area contributed by atoms with Crippen molar-refractivity contribution >= 4 is 17.6 Å². The van der Waals surface area contributed by atoms with Gasteiger partial charge in [-0.3, -0.25) is 24.3 Å². The van der Waals surface area contributed by atoms with Crippen molar-refractivity contribution in [3.05, 3.63) is 57.4 Å². The van der Waals surface area contributed by atoms with Crippen LogP contribution in [0.5, 0.6) is 0 Å². The highest BCUT2D eigenvalue weighted by Crippen LogP contribution is 2.23. The smallest absolute Gasteiger partial charge is 0.262 e.